The van der Waals surface area contributed by atoms with Gasteiger partial charge in [-0.15, -0.1) is 0 Å². The average Bonchev–Trinajstić information content (AvgIpc) is 2.73. The van der Waals surface area contributed by atoms with E-state index in [1.807, 2.05) is 12.1 Å². The number of anilines is 1. The summed E-state index contributed by atoms with van der Waals surface area (Å²) >= 11 is 0. The Labute approximate surface area is 176 Å². The molecule has 0 radical (unpaired) electrons. The van der Waals surface area contributed by atoms with Crippen LogP contribution in [-0.2, 0) is 10.0 Å². The molecule has 1 N–H and O–H groups in total. The lowest BCUT2D eigenvalue weighted by molar-refractivity contribution is 0.0713. The second-order valence-electron chi connectivity index (χ2n) is 7.50. The molecule has 0 bridgehead atoms. The summed E-state index contributed by atoms with van der Waals surface area (Å²) in [7, 11) is -3.43. The number of carbonyl (C=O) groups is 1. The number of carbonyl (C=O) groups excluding carboxylic acids is 1. The van der Waals surface area contributed by atoms with Gasteiger partial charge in [-0.05, 0) is 61.1 Å². The molecule has 1 heterocycles. The third-order valence-corrected chi connectivity index (χ3v) is 5.91. The smallest absolute Gasteiger partial charge is 0.253 e. The molecule has 8 heteroatoms. The molecular formula is C22H22N4O3S. The quantitative estimate of drug-likeness (QED) is 0.813. The standard InChI is InChI=1S/C22H22N4O3S/c1-15-3-4-18(12-21(15)25-30(2,28)29)22(27)26-9-7-16(8-10-26)17-5-6-19(13-23)20(11-17)14-24/h3-6,11-12,16,25H,7-10H2,1-2H3. The molecule has 0 spiro atoms. The summed E-state index contributed by atoms with van der Waals surface area (Å²) in [6.45, 7) is 2.91. The van der Waals surface area contributed by atoms with Crippen LogP contribution in [0.15, 0.2) is 36.4 Å². The van der Waals surface area contributed by atoms with Gasteiger partial charge in [-0.2, -0.15) is 10.5 Å². The van der Waals surface area contributed by atoms with Crippen molar-refractivity contribution in [2.24, 2.45) is 0 Å². The summed E-state index contributed by atoms with van der Waals surface area (Å²) in [5.41, 5.74) is 3.33. The summed E-state index contributed by atoms with van der Waals surface area (Å²) in [4.78, 5) is 14.7. The summed E-state index contributed by atoms with van der Waals surface area (Å²) in [5, 5.41) is 18.3. The van der Waals surface area contributed by atoms with Crippen LogP contribution in [0.4, 0.5) is 5.69 Å². The number of nitriles is 2. The lowest BCUT2D eigenvalue weighted by Crippen LogP contribution is -2.38. The highest BCUT2D eigenvalue weighted by Gasteiger charge is 2.25. The fourth-order valence-corrected chi connectivity index (χ4v) is 4.29. The predicted octanol–water partition coefficient (Wildman–Crippen LogP) is 3.13. The average molecular weight is 423 g/mol. The Morgan fingerprint density at radius 3 is 2.33 bits per heavy atom. The number of hydrogen-bond donors (Lipinski definition) is 1. The van der Waals surface area contributed by atoms with Gasteiger partial charge < -0.3 is 4.90 Å². The van der Waals surface area contributed by atoms with Crippen molar-refractivity contribution in [1.82, 2.24) is 4.90 Å². The SMILES string of the molecule is Cc1ccc(C(=O)N2CCC(c3ccc(C#N)c(C#N)c3)CC2)cc1NS(C)(=O)=O. The number of aryl methyl sites for hydroxylation is 1. The first-order valence-corrected chi connectivity index (χ1v) is 11.4. The van der Waals surface area contributed by atoms with Crippen LogP contribution in [0.25, 0.3) is 0 Å². The van der Waals surface area contributed by atoms with Crippen LogP contribution in [-0.4, -0.2) is 38.6 Å². The van der Waals surface area contributed by atoms with Crippen LogP contribution in [0, 0.1) is 29.6 Å². The molecule has 1 amide bonds. The van der Waals surface area contributed by atoms with Crippen LogP contribution in [0.2, 0.25) is 0 Å². The minimum absolute atomic E-state index is 0.137. The van der Waals surface area contributed by atoms with Crippen molar-refractivity contribution >= 4 is 21.6 Å². The highest BCUT2D eigenvalue weighted by atomic mass is 32.2. The van der Waals surface area contributed by atoms with E-state index in [1.54, 1.807) is 42.2 Å². The molecule has 1 aliphatic heterocycles. The zero-order valence-electron chi connectivity index (χ0n) is 16.8. The molecule has 0 unspecified atom stereocenters. The molecule has 30 heavy (non-hydrogen) atoms. The van der Waals surface area contributed by atoms with Gasteiger partial charge in [0.2, 0.25) is 10.0 Å². The van der Waals surface area contributed by atoms with Crippen molar-refractivity contribution in [1.29, 1.82) is 10.5 Å². The van der Waals surface area contributed by atoms with Gasteiger partial charge >= 0.3 is 0 Å². The molecule has 7 nitrogen and oxygen atoms in total. The van der Waals surface area contributed by atoms with E-state index in [0.717, 1.165) is 30.2 Å². The van der Waals surface area contributed by atoms with Crippen molar-refractivity contribution < 1.29 is 13.2 Å². The third-order valence-electron chi connectivity index (χ3n) is 5.32. The third kappa shape index (κ3) is 4.79. The Morgan fingerprint density at radius 1 is 1.07 bits per heavy atom. The number of nitrogens with one attached hydrogen (secondary N) is 1. The highest BCUT2D eigenvalue weighted by molar-refractivity contribution is 7.92. The van der Waals surface area contributed by atoms with E-state index >= 15 is 0 Å². The van der Waals surface area contributed by atoms with Crippen molar-refractivity contribution in [3.05, 3.63) is 64.2 Å². The molecule has 154 valence electrons. The van der Waals surface area contributed by atoms with Crippen LogP contribution in [0.3, 0.4) is 0 Å². The van der Waals surface area contributed by atoms with Gasteiger partial charge in [-0.3, -0.25) is 9.52 Å². The maximum absolute atomic E-state index is 12.9. The summed E-state index contributed by atoms with van der Waals surface area (Å²) < 4.78 is 25.5. The van der Waals surface area contributed by atoms with Gasteiger partial charge in [0.25, 0.3) is 5.91 Å². The Hall–Kier alpha value is -3.36. The lowest BCUT2D eigenvalue weighted by Gasteiger charge is -2.32. The number of piperidine rings is 1. The molecule has 0 atom stereocenters. The molecule has 0 saturated carbocycles. The van der Waals surface area contributed by atoms with Crippen molar-refractivity contribution in [3.8, 4) is 12.1 Å². The summed E-state index contributed by atoms with van der Waals surface area (Å²) in [6.07, 6.45) is 2.58. The molecule has 1 saturated heterocycles. The molecule has 3 rings (SSSR count). The van der Waals surface area contributed by atoms with Crippen LogP contribution < -0.4 is 4.72 Å². The fourth-order valence-electron chi connectivity index (χ4n) is 3.67. The van der Waals surface area contributed by atoms with Gasteiger partial charge in [-0.25, -0.2) is 8.42 Å². The number of amides is 1. The van der Waals surface area contributed by atoms with Crippen LogP contribution in [0.5, 0.6) is 0 Å². The molecule has 0 aliphatic carbocycles. The van der Waals surface area contributed by atoms with Gasteiger partial charge in [0.05, 0.1) is 23.1 Å². The maximum atomic E-state index is 12.9. The maximum Gasteiger partial charge on any atom is 0.253 e. The zero-order chi connectivity index (χ0) is 21.9. The molecule has 1 aliphatic rings. The second-order valence-corrected chi connectivity index (χ2v) is 9.25. The summed E-state index contributed by atoms with van der Waals surface area (Å²) in [6, 6.07) is 14.4. The number of sulfonamides is 1. The Bertz CT molecular complexity index is 1170. The van der Waals surface area contributed by atoms with Gasteiger partial charge in [0.15, 0.2) is 0 Å². The number of likely N-dealkylation sites (tertiary alicyclic amines) is 1. The highest BCUT2D eigenvalue weighted by Crippen LogP contribution is 2.30. The number of nitrogens with zero attached hydrogens (tertiary/aromatic N) is 3. The topological polar surface area (TPSA) is 114 Å². The van der Waals surface area contributed by atoms with Crippen molar-refractivity contribution in [3.63, 3.8) is 0 Å². The van der Waals surface area contributed by atoms with E-state index < -0.39 is 10.0 Å². The number of hydrogen-bond acceptors (Lipinski definition) is 5. The predicted molar refractivity (Wildman–Crippen MR) is 113 cm³/mol. The van der Waals surface area contributed by atoms with E-state index in [9.17, 15) is 18.5 Å². The Morgan fingerprint density at radius 2 is 1.73 bits per heavy atom. The Balaban J connectivity index is 1.71. The first kappa shape index (κ1) is 21.4. The Kier molecular flexibility index (Phi) is 6.09. The minimum Gasteiger partial charge on any atom is -0.339 e. The van der Waals surface area contributed by atoms with E-state index in [2.05, 4.69) is 10.8 Å². The monoisotopic (exact) mass is 422 g/mol. The van der Waals surface area contributed by atoms with Gasteiger partial charge in [-0.1, -0.05) is 12.1 Å². The zero-order valence-corrected chi connectivity index (χ0v) is 17.7. The molecule has 1 fully saturated rings. The van der Waals surface area contributed by atoms with E-state index in [-0.39, 0.29) is 11.8 Å². The van der Waals surface area contributed by atoms with Crippen LogP contribution in [0.1, 0.15) is 51.4 Å². The second kappa shape index (κ2) is 8.56. The molecular weight excluding hydrogens is 400 g/mol. The lowest BCUT2D eigenvalue weighted by atomic mass is 9.87. The normalized spacial score (nSPS) is 14.6. The van der Waals surface area contributed by atoms with E-state index in [4.69, 9.17) is 5.26 Å². The van der Waals surface area contributed by atoms with Gasteiger partial charge in [0, 0.05) is 18.7 Å². The van der Waals surface area contributed by atoms with Crippen molar-refractivity contribution in [2.45, 2.75) is 25.7 Å². The molecule has 0 aromatic heterocycles. The largest absolute Gasteiger partial charge is 0.339 e. The van der Waals surface area contributed by atoms with E-state index in [1.165, 1.54) is 0 Å². The number of benzene rings is 2. The van der Waals surface area contributed by atoms with Gasteiger partial charge in [0.1, 0.15) is 12.1 Å². The minimum atomic E-state index is -3.43. The first-order valence-electron chi connectivity index (χ1n) is 9.53. The number of rotatable bonds is 4. The molecule has 2 aromatic rings. The van der Waals surface area contributed by atoms with Crippen molar-refractivity contribution in [2.75, 3.05) is 24.1 Å². The van der Waals surface area contributed by atoms with Crippen LogP contribution >= 0.6 is 0 Å². The molecule has 2 aromatic carbocycles. The van der Waals surface area contributed by atoms with E-state index in [0.29, 0.717) is 35.5 Å². The first-order chi connectivity index (χ1) is 14.2. The fraction of sp³-hybridized carbons (Fsp3) is 0.318. The summed E-state index contributed by atoms with van der Waals surface area (Å²) in [5.74, 6) is 0.0805.